The molecule has 0 unspecified atom stereocenters. The van der Waals surface area contributed by atoms with Crippen molar-refractivity contribution in [3.05, 3.63) is 65.7 Å². The van der Waals surface area contributed by atoms with Crippen molar-refractivity contribution in [3.63, 3.8) is 0 Å². The number of hydrogen-bond donors (Lipinski definition) is 2. The van der Waals surface area contributed by atoms with E-state index in [4.69, 9.17) is 16.3 Å². The highest BCUT2D eigenvalue weighted by Gasteiger charge is 2.14. The van der Waals surface area contributed by atoms with Gasteiger partial charge in [-0.25, -0.2) is 0 Å². The van der Waals surface area contributed by atoms with E-state index in [1.54, 1.807) is 26.2 Å². The summed E-state index contributed by atoms with van der Waals surface area (Å²) >= 11 is 6.11. The molecule has 5 heteroatoms. The molecule has 0 fully saturated rings. The predicted octanol–water partition coefficient (Wildman–Crippen LogP) is 4.94. The number of hydrogen-bond acceptors (Lipinski definition) is 3. The van der Waals surface area contributed by atoms with Crippen LogP contribution < -0.4 is 15.4 Å². The quantitative estimate of drug-likeness (QED) is 0.682. The van der Waals surface area contributed by atoms with E-state index in [9.17, 15) is 4.79 Å². The SMILES string of the molecule is COc1ccc(N[C@@H](C)C(=O)Nc2ccc3ccccc3c2)cc1Cl. The highest BCUT2D eigenvalue weighted by molar-refractivity contribution is 6.32. The summed E-state index contributed by atoms with van der Waals surface area (Å²) in [6, 6.07) is 18.8. The summed E-state index contributed by atoms with van der Waals surface area (Å²) in [4.78, 5) is 12.4. The molecule has 25 heavy (non-hydrogen) atoms. The summed E-state index contributed by atoms with van der Waals surface area (Å²) < 4.78 is 5.13. The second-order valence-corrected chi connectivity index (χ2v) is 6.17. The molecule has 0 aliphatic rings. The smallest absolute Gasteiger partial charge is 0.246 e. The summed E-state index contributed by atoms with van der Waals surface area (Å²) in [7, 11) is 1.56. The third-order valence-corrected chi connectivity index (χ3v) is 4.24. The number of rotatable bonds is 5. The van der Waals surface area contributed by atoms with Crippen LogP contribution in [0.5, 0.6) is 5.75 Å². The number of fused-ring (bicyclic) bond motifs is 1. The monoisotopic (exact) mass is 354 g/mol. The number of anilines is 2. The van der Waals surface area contributed by atoms with E-state index in [0.29, 0.717) is 10.8 Å². The number of ether oxygens (including phenoxy) is 1. The molecule has 0 aromatic heterocycles. The van der Waals surface area contributed by atoms with E-state index in [1.165, 1.54) is 0 Å². The Labute approximate surface area is 151 Å². The number of halogens is 1. The molecule has 0 bridgehead atoms. The van der Waals surface area contributed by atoms with Gasteiger partial charge in [-0.3, -0.25) is 4.79 Å². The third-order valence-electron chi connectivity index (χ3n) is 3.95. The average Bonchev–Trinajstić information content (AvgIpc) is 2.61. The lowest BCUT2D eigenvalue weighted by Gasteiger charge is -2.16. The Morgan fingerprint density at radius 1 is 1.00 bits per heavy atom. The number of carbonyl (C=O) groups is 1. The summed E-state index contributed by atoms with van der Waals surface area (Å²) in [6.45, 7) is 1.80. The molecule has 3 aromatic carbocycles. The van der Waals surface area contributed by atoms with Crippen molar-refractivity contribution in [1.29, 1.82) is 0 Å². The molecular formula is C20H19ClN2O2. The van der Waals surface area contributed by atoms with E-state index in [1.807, 2.05) is 48.5 Å². The molecule has 0 aliphatic carbocycles. The van der Waals surface area contributed by atoms with Crippen LogP contribution in [0.1, 0.15) is 6.92 Å². The van der Waals surface area contributed by atoms with Crippen LogP contribution in [0, 0.1) is 0 Å². The normalized spacial score (nSPS) is 11.8. The molecule has 1 amide bonds. The van der Waals surface area contributed by atoms with Crippen LogP contribution in [-0.2, 0) is 4.79 Å². The van der Waals surface area contributed by atoms with Crippen molar-refractivity contribution >= 4 is 39.7 Å². The molecule has 0 saturated carbocycles. The van der Waals surface area contributed by atoms with Gasteiger partial charge in [0.15, 0.2) is 0 Å². The Morgan fingerprint density at radius 2 is 1.72 bits per heavy atom. The number of benzene rings is 3. The molecule has 0 heterocycles. The third kappa shape index (κ3) is 4.03. The Kier molecular flexibility index (Phi) is 5.10. The predicted molar refractivity (Wildman–Crippen MR) is 104 cm³/mol. The second kappa shape index (κ2) is 7.45. The average molecular weight is 355 g/mol. The lowest BCUT2D eigenvalue weighted by Crippen LogP contribution is -2.31. The molecule has 0 saturated heterocycles. The van der Waals surface area contributed by atoms with Gasteiger partial charge in [-0.15, -0.1) is 0 Å². The van der Waals surface area contributed by atoms with E-state index in [-0.39, 0.29) is 5.91 Å². The minimum Gasteiger partial charge on any atom is -0.495 e. The van der Waals surface area contributed by atoms with Gasteiger partial charge in [0.2, 0.25) is 5.91 Å². The van der Waals surface area contributed by atoms with Gasteiger partial charge in [0.05, 0.1) is 12.1 Å². The fourth-order valence-corrected chi connectivity index (χ4v) is 2.85. The number of carbonyl (C=O) groups excluding carboxylic acids is 1. The first kappa shape index (κ1) is 17.1. The van der Waals surface area contributed by atoms with Gasteiger partial charge < -0.3 is 15.4 Å². The topological polar surface area (TPSA) is 50.4 Å². The largest absolute Gasteiger partial charge is 0.495 e. The van der Waals surface area contributed by atoms with E-state index in [0.717, 1.165) is 22.1 Å². The van der Waals surface area contributed by atoms with Crippen LogP contribution in [0.25, 0.3) is 10.8 Å². The molecule has 0 aliphatic heterocycles. The fourth-order valence-electron chi connectivity index (χ4n) is 2.59. The first-order chi connectivity index (χ1) is 12.1. The van der Waals surface area contributed by atoms with Gasteiger partial charge in [-0.1, -0.05) is 41.9 Å². The molecule has 128 valence electrons. The standard InChI is InChI=1S/C20H19ClN2O2/c1-13(22-17-9-10-19(25-2)18(21)12-17)20(24)23-16-8-7-14-5-3-4-6-15(14)11-16/h3-13,22H,1-2H3,(H,23,24)/t13-/m0/s1. The van der Waals surface area contributed by atoms with Gasteiger partial charge in [0.25, 0.3) is 0 Å². The summed E-state index contributed by atoms with van der Waals surface area (Å²) in [5.74, 6) is 0.475. The molecule has 0 radical (unpaired) electrons. The lowest BCUT2D eigenvalue weighted by atomic mass is 10.1. The highest BCUT2D eigenvalue weighted by Crippen LogP contribution is 2.27. The zero-order valence-electron chi connectivity index (χ0n) is 14.0. The molecule has 2 N–H and O–H groups in total. The molecule has 4 nitrogen and oxygen atoms in total. The maximum atomic E-state index is 12.4. The highest BCUT2D eigenvalue weighted by atomic mass is 35.5. The van der Waals surface area contributed by atoms with Gasteiger partial charge >= 0.3 is 0 Å². The summed E-state index contributed by atoms with van der Waals surface area (Å²) in [5, 5.41) is 8.79. The maximum Gasteiger partial charge on any atom is 0.246 e. The van der Waals surface area contributed by atoms with Crippen LogP contribution in [0.2, 0.25) is 5.02 Å². The first-order valence-corrected chi connectivity index (χ1v) is 8.34. The zero-order chi connectivity index (χ0) is 17.8. The van der Waals surface area contributed by atoms with Crippen molar-refractivity contribution in [2.45, 2.75) is 13.0 Å². The Balaban J connectivity index is 1.68. The van der Waals surface area contributed by atoms with Crippen molar-refractivity contribution in [3.8, 4) is 5.75 Å². The number of amides is 1. The fraction of sp³-hybridized carbons (Fsp3) is 0.150. The van der Waals surface area contributed by atoms with Crippen molar-refractivity contribution < 1.29 is 9.53 Å². The van der Waals surface area contributed by atoms with E-state index < -0.39 is 6.04 Å². The Morgan fingerprint density at radius 3 is 2.44 bits per heavy atom. The zero-order valence-corrected chi connectivity index (χ0v) is 14.8. The van der Waals surface area contributed by atoms with Gasteiger partial charge in [-0.2, -0.15) is 0 Å². The first-order valence-electron chi connectivity index (χ1n) is 7.96. The minimum absolute atomic E-state index is 0.123. The van der Waals surface area contributed by atoms with Crippen molar-refractivity contribution in [2.24, 2.45) is 0 Å². The number of nitrogens with one attached hydrogen (secondary N) is 2. The van der Waals surface area contributed by atoms with Crippen LogP contribution in [0.4, 0.5) is 11.4 Å². The van der Waals surface area contributed by atoms with Crippen LogP contribution >= 0.6 is 11.6 Å². The summed E-state index contributed by atoms with van der Waals surface area (Å²) in [6.07, 6.45) is 0. The van der Waals surface area contributed by atoms with Gasteiger partial charge in [-0.05, 0) is 48.0 Å². The summed E-state index contributed by atoms with van der Waals surface area (Å²) in [5.41, 5.74) is 1.53. The maximum absolute atomic E-state index is 12.4. The Hall–Kier alpha value is -2.72. The lowest BCUT2D eigenvalue weighted by molar-refractivity contribution is -0.116. The number of methoxy groups -OCH3 is 1. The van der Waals surface area contributed by atoms with Crippen molar-refractivity contribution in [2.75, 3.05) is 17.7 Å². The second-order valence-electron chi connectivity index (χ2n) is 5.77. The van der Waals surface area contributed by atoms with Crippen LogP contribution in [0.15, 0.2) is 60.7 Å². The molecule has 3 aromatic rings. The van der Waals surface area contributed by atoms with E-state index in [2.05, 4.69) is 10.6 Å². The molecular weight excluding hydrogens is 336 g/mol. The van der Waals surface area contributed by atoms with Crippen molar-refractivity contribution in [1.82, 2.24) is 0 Å². The van der Waals surface area contributed by atoms with E-state index >= 15 is 0 Å². The van der Waals surface area contributed by atoms with Crippen LogP contribution in [0.3, 0.4) is 0 Å². The Bertz CT molecular complexity index is 911. The van der Waals surface area contributed by atoms with Gasteiger partial charge in [0.1, 0.15) is 11.8 Å². The van der Waals surface area contributed by atoms with Gasteiger partial charge in [0, 0.05) is 11.4 Å². The molecule has 3 rings (SSSR count). The molecule has 1 atom stereocenters. The van der Waals surface area contributed by atoms with Crippen LogP contribution in [-0.4, -0.2) is 19.1 Å². The minimum atomic E-state index is -0.420. The molecule has 0 spiro atoms.